The van der Waals surface area contributed by atoms with Gasteiger partial charge in [-0.2, -0.15) is 9.40 Å². The van der Waals surface area contributed by atoms with Crippen LogP contribution in [0.1, 0.15) is 19.4 Å². The Morgan fingerprint density at radius 1 is 1.56 bits per heavy atom. The number of sulfonamides is 1. The predicted molar refractivity (Wildman–Crippen MR) is 63.1 cm³/mol. The van der Waals surface area contributed by atoms with Gasteiger partial charge < -0.3 is 0 Å². The second-order valence-corrected chi connectivity index (χ2v) is 5.22. The smallest absolute Gasteiger partial charge is 0.235 e. The molecule has 0 saturated heterocycles. The molecule has 0 saturated carbocycles. The summed E-state index contributed by atoms with van der Waals surface area (Å²) in [6.45, 7) is 8.63. The molecule has 90 valence electrons. The van der Waals surface area contributed by atoms with E-state index in [1.165, 1.54) is 4.31 Å². The third kappa shape index (κ3) is 2.93. The Bertz CT molecular complexity index is 450. The Morgan fingerprint density at radius 2 is 2.25 bits per heavy atom. The molecule has 1 aromatic rings. The molecule has 0 aromatic carbocycles. The molecule has 6 heteroatoms. The van der Waals surface area contributed by atoms with E-state index >= 15 is 0 Å². The third-order valence-electron chi connectivity index (χ3n) is 2.29. The highest BCUT2D eigenvalue weighted by Gasteiger charge is 2.17. The number of aromatic nitrogens is 2. The molecular weight excluding hydrogens is 226 g/mol. The standard InChI is InChI=1S/C10H17N3O2S/c1-4-12-8-10(7-11-12)9-13(5-2)16(14,15)6-3/h6-8H,3-5,9H2,1-2H3. The topological polar surface area (TPSA) is 55.2 Å². The van der Waals surface area contributed by atoms with Gasteiger partial charge in [-0.1, -0.05) is 13.5 Å². The van der Waals surface area contributed by atoms with E-state index in [0.717, 1.165) is 17.5 Å². The van der Waals surface area contributed by atoms with Crippen LogP contribution in [0.15, 0.2) is 24.4 Å². The molecule has 1 rings (SSSR count). The van der Waals surface area contributed by atoms with Crippen molar-refractivity contribution in [2.45, 2.75) is 26.9 Å². The third-order valence-corrected chi connectivity index (χ3v) is 3.82. The van der Waals surface area contributed by atoms with E-state index in [2.05, 4.69) is 11.7 Å². The summed E-state index contributed by atoms with van der Waals surface area (Å²) in [6, 6.07) is 0. The summed E-state index contributed by atoms with van der Waals surface area (Å²) < 4.78 is 26.3. The number of hydrogen-bond acceptors (Lipinski definition) is 3. The van der Waals surface area contributed by atoms with Crippen LogP contribution >= 0.6 is 0 Å². The Labute approximate surface area is 96.4 Å². The largest absolute Gasteiger partial charge is 0.273 e. The summed E-state index contributed by atoms with van der Waals surface area (Å²) in [4.78, 5) is 0. The lowest BCUT2D eigenvalue weighted by Crippen LogP contribution is -2.28. The molecule has 0 N–H and O–H groups in total. The average Bonchev–Trinajstić information content (AvgIpc) is 2.73. The van der Waals surface area contributed by atoms with Crippen molar-refractivity contribution in [2.24, 2.45) is 0 Å². The summed E-state index contributed by atoms with van der Waals surface area (Å²) in [5.74, 6) is 0. The highest BCUT2D eigenvalue weighted by Crippen LogP contribution is 2.09. The Hall–Kier alpha value is -1.14. The molecule has 0 aliphatic heterocycles. The van der Waals surface area contributed by atoms with Gasteiger partial charge in [0.2, 0.25) is 10.0 Å². The molecule has 1 aromatic heterocycles. The zero-order valence-electron chi connectivity index (χ0n) is 9.63. The normalized spacial score (nSPS) is 11.9. The van der Waals surface area contributed by atoms with E-state index in [1.807, 2.05) is 13.1 Å². The summed E-state index contributed by atoms with van der Waals surface area (Å²) in [7, 11) is -3.35. The molecule has 0 aliphatic rings. The van der Waals surface area contributed by atoms with Crippen LogP contribution in [0, 0.1) is 0 Å². The molecule has 5 nitrogen and oxygen atoms in total. The minimum absolute atomic E-state index is 0.338. The summed E-state index contributed by atoms with van der Waals surface area (Å²) >= 11 is 0. The molecule has 0 aliphatic carbocycles. The van der Waals surface area contributed by atoms with Crippen LogP contribution in [-0.2, 0) is 23.1 Å². The second-order valence-electron chi connectivity index (χ2n) is 3.34. The minimum atomic E-state index is -3.35. The molecule has 0 atom stereocenters. The van der Waals surface area contributed by atoms with E-state index < -0.39 is 10.0 Å². The maximum Gasteiger partial charge on any atom is 0.235 e. The SMILES string of the molecule is C=CS(=O)(=O)N(CC)Cc1cnn(CC)c1. The molecule has 0 unspecified atom stereocenters. The fraction of sp³-hybridized carbons (Fsp3) is 0.500. The van der Waals surface area contributed by atoms with Gasteiger partial charge in [-0.15, -0.1) is 0 Å². The Balaban J connectivity index is 2.82. The minimum Gasteiger partial charge on any atom is -0.273 e. The van der Waals surface area contributed by atoms with Crippen LogP contribution in [-0.4, -0.2) is 29.0 Å². The van der Waals surface area contributed by atoms with Crippen LogP contribution in [0.5, 0.6) is 0 Å². The van der Waals surface area contributed by atoms with E-state index in [1.54, 1.807) is 17.8 Å². The first kappa shape index (κ1) is 12.9. The van der Waals surface area contributed by atoms with Gasteiger partial charge in [0, 0.05) is 36.8 Å². The lowest BCUT2D eigenvalue weighted by Gasteiger charge is -2.16. The van der Waals surface area contributed by atoms with Gasteiger partial charge in [-0.05, 0) is 6.92 Å². The zero-order valence-corrected chi connectivity index (χ0v) is 10.4. The highest BCUT2D eigenvalue weighted by atomic mass is 32.2. The first-order valence-corrected chi connectivity index (χ1v) is 6.67. The maximum atomic E-state index is 11.6. The first-order valence-electron chi connectivity index (χ1n) is 5.17. The second kappa shape index (κ2) is 5.27. The van der Waals surface area contributed by atoms with Gasteiger partial charge in [0.1, 0.15) is 0 Å². The van der Waals surface area contributed by atoms with Crippen LogP contribution in [0.4, 0.5) is 0 Å². The lowest BCUT2D eigenvalue weighted by atomic mass is 10.3. The van der Waals surface area contributed by atoms with Gasteiger partial charge in [-0.25, -0.2) is 8.42 Å². The molecule has 0 spiro atoms. The van der Waals surface area contributed by atoms with Crippen molar-refractivity contribution in [2.75, 3.05) is 6.54 Å². The molecule has 16 heavy (non-hydrogen) atoms. The molecule has 0 radical (unpaired) electrons. The average molecular weight is 243 g/mol. The molecule has 1 heterocycles. The maximum absolute atomic E-state index is 11.6. The van der Waals surface area contributed by atoms with Gasteiger partial charge in [0.25, 0.3) is 0 Å². The van der Waals surface area contributed by atoms with Crippen LogP contribution in [0.3, 0.4) is 0 Å². The number of aryl methyl sites for hydroxylation is 1. The number of rotatable bonds is 6. The molecule has 0 amide bonds. The van der Waals surface area contributed by atoms with E-state index in [-0.39, 0.29) is 0 Å². The van der Waals surface area contributed by atoms with Crippen molar-refractivity contribution in [3.8, 4) is 0 Å². The van der Waals surface area contributed by atoms with Crippen molar-refractivity contribution in [1.82, 2.24) is 14.1 Å². The summed E-state index contributed by atoms with van der Waals surface area (Å²) in [5.41, 5.74) is 0.883. The quantitative estimate of drug-likeness (QED) is 0.754. The van der Waals surface area contributed by atoms with E-state index in [0.29, 0.717) is 13.1 Å². The van der Waals surface area contributed by atoms with Gasteiger partial charge >= 0.3 is 0 Å². The van der Waals surface area contributed by atoms with Gasteiger partial charge in [0.15, 0.2) is 0 Å². The highest BCUT2D eigenvalue weighted by molar-refractivity contribution is 7.91. The van der Waals surface area contributed by atoms with Crippen molar-refractivity contribution in [3.63, 3.8) is 0 Å². The van der Waals surface area contributed by atoms with Gasteiger partial charge in [-0.3, -0.25) is 4.68 Å². The zero-order chi connectivity index (χ0) is 12.2. The van der Waals surface area contributed by atoms with Crippen molar-refractivity contribution < 1.29 is 8.42 Å². The number of hydrogen-bond donors (Lipinski definition) is 0. The van der Waals surface area contributed by atoms with Crippen LogP contribution in [0.2, 0.25) is 0 Å². The monoisotopic (exact) mass is 243 g/mol. The van der Waals surface area contributed by atoms with Crippen molar-refractivity contribution in [3.05, 3.63) is 29.9 Å². The van der Waals surface area contributed by atoms with Gasteiger partial charge in [0.05, 0.1) is 6.20 Å². The fourth-order valence-electron chi connectivity index (χ4n) is 1.35. The lowest BCUT2D eigenvalue weighted by molar-refractivity contribution is 0.430. The summed E-state index contributed by atoms with van der Waals surface area (Å²) in [6.07, 6.45) is 3.53. The van der Waals surface area contributed by atoms with Crippen molar-refractivity contribution >= 4 is 10.0 Å². The molecule has 0 fully saturated rings. The Kier molecular flexibility index (Phi) is 4.26. The molecule has 0 bridgehead atoms. The number of nitrogens with zero attached hydrogens (tertiary/aromatic N) is 3. The van der Waals surface area contributed by atoms with Crippen LogP contribution < -0.4 is 0 Å². The van der Waals surface area contributed by atoms with Crippen LogP contribution in [0.25, 0.3) is 0 Å². The first-order chi connectivity index (χ1) is 7.53. The van der Waals surface area contributed by atoms with E-state index in [4.69, 9.17) is 0 Å². The Morgan fingerprint density at radius 3 is 2.69 bits per heavy atom. The molecular formula is C10H17N3O2S. The summed E-state index contributed by atoms with van der Waals surface area (Å²) in [5, 5.41) is 5.07. The fourth-order valence-corrected chi connectivity index (χ4v) is 2.25. The van der Waals surface area contributed by atoms with E-state index in [9.17, 15) is 8.42 Å². The predicted octanol–water partition coefficient (Wildman–Crippen LogP) is 1.20. The van der Waals surface area contributed by atoms with Crippen molar-refractivity contribution in [1.29, 1.82) is 0 Å².